The van der Waals surface area contributed by atoms with E-state index in [1.54, 1.807) is 6.08 Å². The van der Waals surface area contributed by atoms with Crippen LogP contribution in [0.5, 0.6) is 5.75 Å². The van der Waals surface area contributed by atoms with Gasteiger partial charge in [-0.25, -0.2) is 9.97 Å². The van der Waals surface area contributed by atoms with Crippen LogP contribution < -0.4 is 4.74 Å². The van der Waals surface area contributed by atoms with E-state index in [2.05, 4.69) is 53.6 Å². The van der Waals surface area contributed by atoms with Crippen LogP contribution in [0.15, 0.2) is 73.7 Å². The van der Waals surface area contributed by atoms with Crippen molar-refractivity contribution in [1.82, 2.24) is 15.0 Å². The summed E-state index contributed by atoms with van der Waals surface area (Å²) in [5, 5.41) is 0. The average Bonchev–Trinajstić information content (AvgIpc) is 2.90. The summed E-state index contributed by atoms with van der Waals surface area (Å²) in [5.41, 5.74) is 3.82. The van der Waals surface area contributed by atoms with Crippen LogP contribution in [-0.4, -0.2) is 34.3 Å². The molecule has 0 aliphatic heterocycles. The fourth-order valence-electron chi connectivity index (χ4n) is 3.61. The third-order valence-corrected chi connectivity index (χ3v) is 5.66. The lowest BCUT2D eigenvalue weighted by Gasteiger charge is -2.11. The Labute approximate surface area is 210 Å². The molecule has 0 N–H and O–H groups in total. The minimum absolute atomic E-state index is 0.336. The van der Waals surface area contributed by atoms with Gasteiger partial charge in [-0.1, -0.05) is 62.8 Å². The van der Waals surface area contributed by atoms with Crippen LogP contribution >= 0.6 is 0 Å². The molecule has 3 aromatic rings. The number of allylic oxidation sites excluding steroid dienone is 1. The molecule has 0 saturated carbocycles. The summed E-state index contributed by atoms with van der Waals surface area (Å²) in [7, 11) is 0. The van der Waals surface area contributed by atoms with Gasteiger partial charge < -0.3 is 9.47 Å². The van der Waals surface area contributed by atoms with E-state index in [0.717, 1.165) is 54.0 Å². The normalized spacial score (nSPS) is 12.1. The lowest BCUT2D eigenvalue weighted by atomic mass is 10.1. The van der Waals surface area contributed by atoms with Crippen molar-refractivity contribution in [2.24, 2.45) is 0 Å². The third kappa shape index (κ3) is 9.10. The second-order valence-electron chi connectivity index (χ2n) is 8.62. The van der Waals surface area contributed by atoms with Crippen LogP contribution in [-0.2, 0) is 4.74 Å². The molecule has 1 unspecified atom stereocenters. The Morgan fingerprint density at radius 1 is 0.914 bits per heavy atom. The molecule has 184 valence electrons. The van der Waals surface area contributed by atoms with E-state index in [9.17, 15) is 0 Å². The molecule has 0 saturated heterocycles. The Morgan fingerprint density at radius 2 is 1.71 bits per heavy atom. The van der Waals surface area contributed by atoms with Crippen molar-refractivity contribution in [1.29, 1.82) is 0 Å². The molecule has 1 aromatic carbocycles. The van der Waals surface area contributed by atoms with Crippen LogP contribution in [0.4, 0.5) is 0 Å². The molecule has 3 rings (SSSR count). The molecule has 35 heavy (non-hydrogen) atoms. The summed E-state index contributed by atoms with van der Waals surface area (Å²) in [4.78, 5) is 13.6. The zero-order valence-electron chi connectivity index (χ0n) is 21.0. The Morgan fingerprint density at radius 3 is 2.40 bits per heavy atom. The topological polar surface area (TPSA) is 57.1 Å². The van der Waals surface area contributed by atoms with Gasteiger partial charge in [-0.15, -0.1) is 0 Å². The number of unbranched alkanes of at least 4 members (excludes halogenated alkanes) is 3. The van der Waals surface area contributed by atoms with E-state index in [-0.39, 0.29) is 0 Å². The highest BCUT2D eigenvalue weighted by molar-refractivity contribution is 5.64. The van der Waals surface area contributed by atoms with Crippen LogP contribution in [0.3, 0.4) is 0 Å². The SMILES string of the molecule is C=CCOc1ccc(-c2cnc(-c3ccc(/C=C/CCCC(C)OCCCCC)cn3)nc2)cc1. The van der Waals surface area contributed by atoms with Crippen molar-refractivity contribution in [3.63, 3.8) is 0 Å². The van der Waals surface area contributed by atoms with Gasteiger partial charge in [0.05, 0.1) is 6.10 Å². The minimum atomic E-state index is 0.336. The Hall–Kier alpha value is -3.31. The van der Waals surface area contributed by atoms with E-state index in [4.69, 9.17) is 9.47 Å². The van der Waals surface area contributed by atoms with Crippen molar-refractivity contribution in [3.8, 4) is 28.4 Å². The lowest BCUT2D eigenvalue weighted by Crippen LogP contribution is -2.08. The Balaban J connectivity index is 1.45. The van der Waals surface area contributed by atoms with Gasteiger partial charge in [-0.05, 0) is 61.9 Å². The molecule has 0 aliphatic rings. The summed E-state index contributed by atoms with van der Waals surface area (Å²) in [6, 6.07) is 11.9. The van der Waals surface area contributed by atoms with Gasteiger partial charge in [-0.2, -0.15) is 0 Å². The number of ether oxygens (including phenoxy) is 2. The molecule has 1 atom stereocenters. The fraction of sp³-hybridized carbons (Fsp3) is 0.367. The monoisotopic (exact) mass is 471 g/mol. The van der Waals surface area contributed by atoms with Crippen LogP contribution in [0.2, 0.25) is 0 Å². The Kier molecular flexibility index (Phi) is 11.2. The van der Waals surface area contributed by atoms with Gasteiger partial charge in [-0.3, -0.25) is 4.98 Å². The van der Waals surface area contributed by atoms with E-state index >= 15 is 0 Å². The quantitative estimate of drug-likeness (QED) is 0.169. The van der Waals surface area contributed by atoms with E-state index < -0.39 is 0 Å². The van der Waals surface area contributed by atoms with Crippen molar-refractivity contribution < 1.29 is 9.47 Å². The van der Waals surface area contributed by atoms with Gasteiger partial charge in [0.15, 0.2) is 5.82 Å². The molecule has 0 aliphatic carbocycles. The summed E-state index contributed by atoms with van der Waals surface area (Å²) in [6.07, 6.45) is 18.8. The predicted molar refractivity (Wildman–Crippen MR) is 144 cm³/mol. The zero-order chi connectivity index (χ0) is 24.7. The predicted octanol–water partition coefficient (Wildman–Crippen LogP) is 7.55. The minimum Gasteiger partial charge on any atom is -0.490 e. The number of rotatable bonds is 15. The van der Waals surface area contributed by atoms with Gasteiger partial charge >= 0.3 is 0 Å². The maximum Gasteiger partial charge on any atom is 0.178 e. The zero-order valence-corrected chi connectivity index (χ0v) is 21.0. The van der Waals surface area contributed by atoms with Crippen LogP contribution in [0.25, 0.3) is 28.7 Å². The standard InChI is InChI=1S/C30H37N3O2/c1-4-6-10-20-34-24(3)11-8-7-9-12-25-13-18-29(31-21-25)30-32-22-27(23-33-30)26-14-16-28(17-15-26)35-19-5-2/h5,9,12-18,21-24H,2,4,6-8,10-11,19-20H2,1,3H3/b12-9+. The molecule has 5 nitrogen and oxygen atoms in total. The maximum atomic E-state index is 5.86. The first-order valence-corrected chi connectivity index (χ1v) is 12.6. The smallest absolute Gasteiger partial charge is 0.178 e. The van der Waals surface area contributed by atoms with Gasteiger partial charge in [0.2, 0.25) is 0 Å². The second kappa shape index (κ2) is 14.8. The highest BCUT2D eigenvalue weighted by Gasteiger charge is 2.05. The molecular formula is C30H37N3O2. The van der Waals surface area contributed by atoms with Gasteiger partial charge in [0.25, 0.3) is 0 Å². The number of benzene rings is 1. The van der Waals surface area contributed by atoms with Crippen molar-refractivity contribution in [3.05, 3.63) is 79.3 Å². The number of nitrogens with zero attached hydrogens (tertiary/aromatic N) is 3. The first-order valence-electron chi connectivity index (χ1n) is 12.6. The van der Waals surface area contributed by atoms with Gasteiger partial charge in [0, 0.05) is 30.8 Å². The number of hydrogen-bond donors (Lipinski definition) is 0. The first kappa shape index (κ1) is 26.3. The first-order chi connectivity index (χ1) is 17.2. The number of hydrogen-bond acceptors (Lipinski definition) is 5. The molecule has 0 bridgehead atoms. The molecular weight excluding hydrogens is 434 g/mol. The fourth-order valence-corrected chi connectivity index (χ4v) is 3.61. The number of aromatic nitrogens is 3. The highest BCUT2D eigenvalue weighted by Crippen LogP contribution is 2.22. The Bertz CT molecular complexity index is 1030. The van der Waals surface area contributed by atoms with E-state index in [1.165, 1.54) is 19.3 Å². The van der Waals surface area contributed by atoms with E-state index in [0.29, 0.717) is 18.5 Å². The maximum absolute atomic E-state index is 5.86. The largest absolute Gasteiger partial charge is 0.490 e. The van der Waals surface area contributed by atoms with Gasteiger partial charge in [0.1, 0.15) is 18.1 Å². The lowest BCUT2D eigenvalue weighted by molar-refractivity contribution is 0.0566. The summed E-state index contributed by atoms with van der Waals surface area (Å²) in [5.74, 6) is 1.43. The van der Waals surface area contributed by atoms with Crippen LogP contribution in [0, 0.1) is 0 Å². The van der Waals surface area contributed by atoms with Crippen LogP contribution in [0.1, 0.15) is 57.9 Å². The second-order valence-corrected chi connectivity index (χ2v) is 8.62. The summed E-state index contributed by atoms with van der Waals surface area (Å²) in [6.45, 7) is 9.42. The van der Waals surface area contributed by atoms with Crippen molar-refractivity contribution >= 4 is 6.08 Å². The summed E-state index contributed by atoms with van der Waals surface area (Å²) < 4.78 is 11.4. The molecule has 0 radical (unpaired) electrons. The molecule has 0 fully saturated rings. The number of pyridine rings is 1. The van der Waals surface area contributed by atoms with E-state index in [1.807, 2.05) is 48.9 Å². The third-order valence-electron chi connectivity index (χ3n) is 5.66. The molecule has 0 amide bonds. The molecule has 2 aromatic heterocycles. The highest BCUT2D eigenvalue weighted by atomic mass is 16.5. The molecule has 5 heteroatoms. The average molecular weight is 472 g/mol. The van der Waals surface area contributed by atoms with Crippen molar-refractivity contribution in [2.45, 2.75) is 58.5 Å². The van der Waals surface area contributed by atoms with Crippen molar-refractivity contribution in [2.75, 3.05) is 13.2 Å². The summed E-state index contributed by atoms with van der Waals surface area (Å²) >= 11 is 0. The molecule has 0 spiro atoms. The molecule has 2 heterocycles.